The maximum atomic E-state index is 13.9. The molecule has 9 heteroatoms. The lowest BCUT2D eigenvalue weighted by molar-refractivity contribution is -0.00835. The first-order chi connectivity index (χ1) is 14.6. The minimum atomic E-state index is -0.199. The van der Waals surface area contributed by atoms with E-state index in [1.54, 1.807) is 23.9 Å². The number of aryl methyl sites for hydroxylation is 1. The molecule has 170 valence electrons. The number of nitrogens with zero attached hydrogens (tertiary/aromatic N) is 4. The largest absolute Gasteiger partial charge is 0.381 e. The van der Waals surface area contributed by atoms with Crippen LogP contribution >= 0.6 is 24.0 Å². The molecule has 1 unspecified atom stereocenters. The Hall–Kier alpha value is -1.72. The van der Waals surface area contributed by atoms with Crippen molar-refractivity contribution in [3.05, 3.63) is 53.6 Å². The minimum absolute atomic E-state index is 0. The molecule has 0 bridgehead atoms. The van der Waals surface area contributed by atoms with E-state index in [1.807, 2.05) is 25.5 Å². The summed E-state index contributed by atoms with van der Waals surface area (Å²) in [7, 11) is 3.71. The minimum Gasteiger partial charge on any atom is -0.381 e. The zero-order valence-corrected chi connectivity index (χ0v) is 20.4. The van der Waals surface area contributed by atoms with E-state index in [0.29, 0.717) is 32.9 Å². The van der Waals surface area contributed by atoms with E-state index < -0.39 is 0 Å². The Morgan fingerprint density at radius 2 is 2.13 bits per heavy atom. The maximum absolute atomic E-state index is 13.9. The van der Waals surface area contributed by atoms with Gasteiger partial charge in [-0.3, -0.25) is 9.67 Å². The van der Waals surface area contributed by atoms with Gasteiger partial charge < -0.3 is 19.7 Å². The number of morpholine rings is 1. The number of aromatic nitrogens is 2. The first-order valence-corrected chi connectivity index (χ1v) is 10.5. The molecule has 0 aliphatic carbocycles. The van der Waals surface area contributed by atoms with Gasteiger partial charge in [-0.2, -0.15) is 5.10 Å². The summed E-state index contributed by atoms with van der Waals surface area (Å²) < 4.78 is 27.3. The van der Waals surface area contributed by atoms with Crippen LogP contribution in [0.5, 0.6) is 0 Å². The van der Waals surface area contributed by atoms with Gasteiger partial charge in [-0.25, -0.2) is 4.39 Å². The first-order valence-electron chi connectivity index (χ1n) is 10.5. The second-order valence-electron chi connectivity index (χ2n) is 8.06. The molecule has 2 fully saturated rings. The molecule has 2 aliphatic heterocycles. The van der Waals surface area contributed by atoms with Gasteiger partial charge in [0, 0.05) is 57.6 Å². The number of hydrogen-bond donors (Lipinski definition) is 1. The van der Waals surface area contributed by atoms with Crippen LogP contribution in [0.3, 0.4) is 0 Å². The van der Waals surface area contributed by atoms with Crippen LogP contribution in [0.1, 0.15) is 30.1 Å². The fourth-order valence-electron chi connectivity index (χ4n) is 4.38. The summed E-state index contributed by atoms with van der Waals surface area (Å²) in [5, 5.41) is 7.83. The lowest BCUT2D eigenvalue weighted by Crippen LogP contribution is -2.52. The summed E-state index contributed by atoms with van der Waals surface area (Å²) in [6.45, 7) is 4.15. The van der Waals surface area contributed by atoms with Crippen molar-refractivity contribution >= 4 is 29.9 Å². The van der Waals surface area contributed by atoms with Gasteiger partial charge in [-0.15, -0.1) is 24.0 Å². The summed E-state index contributed by atoms with van der Waals surface area (Å²) in [6, 6.07) is 6.96. The molecular formula is C22H31FIN5O2. The Balaban J connectivity index is 0.00000272. The Morgan fingerprint density at radius 1 is 1.32 bits per heavy atom. The molecule has 2 saturated heterocycles. The number of nitrogens with one attached hydrogen (secondary N) is 1. The van der Waals surface area contributed by atoms with Crippen LogP contribution in [0.25, 0.3) is 0 Å². The van der Waals surface area contributed by atoms with Crippen LogP contribution < -0.4 is 5.32 Å². The molecule has 31 heavy (non-hydrogen) atoms. The summed E-state index contributed by atoms with van der Waals surface area (Å²) in [6.07, 6.45) is 5.51. The average molecular weight is 543 g/mol. The quantitative estimate of drug-likeness (QED) is 0.365. The highest BCUT2D eigenvalue weighted by molar-refractivity contribution is 14.0. The zero-order valence-electron chi connectivity index (χ0n) is 18.1. The SMILES string of the molecule is CN=C(NCC1(c2cccc(F)c2)CCOCC1)N1CCOC(c2cnn(C)c2)C1.I. The van der Waals surface area contributed by atoms with E-state index >= 15 is 0 Å². The Morgan fingerprint density at radius 3 is 2.81 bits per heavy atom. The van der Waals surface area contributed by atoms with Gasteiger partial charge in [0.05, 0.1) is 19.3 Å². The van der Waals surface area contributed by atoms with E-state index in [4.69, 9.17) is 9.47 Å². The number of ether oxygens (including phenoxy) is 2. The monoisotopic (exact) mass is 543 g/mol. The highest BCUT2D eigenvalue weighted by Gasteiger charge is 2.35. The lowest BCUT2D eigenvalue weighted by Gasteiger charge is -2.40. The fourth-order valence-corrected chi connectivity index (χ4v) is 4.38. The highest BCUT2D eigenvalue weighted by Crippen LogP contribution is 2.34. The molecule has 0 radical (unpaired) electrons. The van der Waals surface area contributed by atoms with E-state index in [0.717, 1.165) is 36.5 Å². The summed E-state index contributed by atoms with van der Waals surface area (Å²) in [4.78, 5) is 6.74. The van der Waals surface area contributed by atoms with Gasteiger partial charge in [0.2, 0.25) is 0 Å². The molecule has 1 aromatic carbocycles. The molecule has 2 aliphatic rings. The van der Waals surface area contributed by atoms with Gasteiger partial charge in [0.1, 0.15) is 11.9 Å². The Kier molecular flexibility index (Phi) is 8.29. The van der Waals surface area contributed by atoms with E-state index in [2.05, 4.69) is 20.3 Å². The molecule has 0 amide bonds. The molecule has 0 saturated carbocycles. The van der Waals surface area contributed by atoms with Crippen molar-refractivity contribution in [3.8, 4) is 0 Å². The third kappa shape index (κ3) is 5.56. The predicted molar refractivity (Wildman–Crippen MR) is 128 cm³/mol. The summed E-state index contributed by atoms with van der Waals surface area (Å²) in [5.74, 6) is 0.643. The van der Waals surface area contributed by atoms with Gasteiger partial charge in [-0.1, -0.05) is 12.1 Å². The van der Waals surface area contributed by atoms with Crippen LogP contribution in [0.2, 0.25) is 0 Å². The number of guanidine groups is 1. The van der Waals surface area contributed by atoms with Gasteiger partial charge >= 0.3 is 0 Å². The van der Waals surface area contributed by atoms with E-state index in [1.165, 1.54) is 6.07 Å². The predicted octanol–water partition coefficient (Wildman–Crippen LogP) is 2.87. The third-order valence-corrected chi connectivity index (χ3v) is 6.15. The highest BCUT2D eigenvalue weighted by atomic mass is 127. The van der Waals surface area contributed by atoms with Gasteiger partial charge in [0.25, 0.3) is 0 Å². The number of hydrogen-bond acceptors (Lipinski definition) is 4. The second kappa shape index (κ2) is 10.7. The van der Waals surface area contributed by atoms with Crippen molar-refractivity contribution in [1.29, 1.82) is 0 Å². The first kappa shape index (κ1) is 23.9. The van der Waals surface area contributed by atoms with Crippen molar-refractivity contribution in [3.63, 3.8) is 0 Å². The van der Waals surface area contributed by atoms with Crippen LogP contribution in [0.15, 0.2) is 41.7 Å². The molecular weight excluding hydrogens is 512 g/mol. The molecule has 7 nitrogen and oxygen atoms in total. The van der Waals surface area contributed by atoms with Crippen LogP contribution in [-0.4, -0.2) is 67.1 Å². The van der Waals surface area contributed by atoms with Crippen molar-refractivity contribution in [2.24, 2.45) is 12.0 Å². The number of rotatable bonds is 4. The summed E-state index contributed by atoms with van der Waals surface area (Å²) in [5.41, 5.74) is 1.91. The van der Waals surface area contributed by atoms with Crippen LogP contribution in [0.4, 0.5) is 4.39 Å². The number of halogens is 2. The molecule has 1 aromatic heterocycles. The van der Waals surface area contributed by atoms with Crippen LogP contribution in [-0.2, 0) is 21.9 Å². The van der Waals surface area contributed by atoms with E-state index in [-0.39, 0.29) is 41.3 Å². The van der Waals surface area contributed by atoms with Gasteiger partial charge in [-0.05, 0) is 30.5 Å². The van der Waals surface area contributed by atoms with Crippen molar-refractivity contribution in [1.82, 2.24) is 20.0 Å². The van der Waals surface area contributed by atoms with Crippen molar-refractivity contribution in [2.45, 2.75) is 24.4 Å². The zero-order chi connectivity index (χ0) is 21.0. The maximum Gasteiger partial charge on any atom is 0.193 e. The van der Waals surface area contributed by atoms with Crippen molar-refractivity contribution < 1.29 is 13.9 Å². The third-order valence-electron chi connectivity index (χ3n) is 6.15. The smallest absolute Gasteiger partial charge is 0.193 e. The molecule has 1 N–H and O–H groups in total. The lowest BCUT2D eigenvalue weighted by atomic mass is 9.74. The molecule has 2 aromatic rings. The second-order valence-corrected chi connectivity index (χ2v) is 8.06. The topological polar surface area (TPSA) is 63.9 Å². The normalized spacial score (nSPS) is 21.5. The van der Waals surface area contributed by atoms with E-state index in [9.17, 15) is 4.39 Å². The van der Waals surface area contributed by atoms with Gasteiger partial charge in [0.15, 0.2) is 5.96 Å². The number of aliphatic imine (C=N–C) groups is 1. The Labute approximate surface area is 200 Å². The molecule has 3 heterocycles. The fraction of sp³-hybridized carbons (Fsp3) is 0.545. The molecule has 0 spiro atoms. The summed E-state index contributed by atoms with van der Waals surface area (Å²) >= 11 is 0. The molecule has 4 rings (SSSR count). The van der Waals surface area contributed by atoms with Crippen molar-refractivity contribution in [2.75, 3.05) is 46.5 Å². The Bertz CT molecular complexity index is 884. The number of benzene rings is 1. The standard InChI is InChI=1S/C22H30FN5O2.HI/c1-24-21(28-8-11-30-20(15-28)17-13-26-27(2)14-17)25-16-22(6-9-29-10-7-22)18-4-3-5-19(23)12-18;/h3-5,12-14,20H,6-11,15-16H2,1-2H3,(H,24,25);1H. The molecule has 1 atom stereocenters. The average Bonchev–Trinajstić information content (AvgIpc) is 3.21. The van der Waals surface area contributed by atoms with Crippen LogP contribution in [0, 0.1) is 5.82 Å².